The molecule has 6 nitrogen and oxygen atoms in total. The van der Waals surface area contributed by atoms with Crippen molar-refractivity contribution in [3.63, 3.8) is 0 Å². The van der Waals surface area contributed by atoms with E-state index in [0.717, 1.165) is 63.1 Å². The van der Waals surface area contributed by atoms with Gasteiger partial charge in [0, 0.05) is 37.3 Å². The highest BCUT2D eigenvalue weighted by atomic mass is 19.1. The lowest BCUT2D eigenvalue weighted by molar-refractivity contribution is -0.152. The van der Waals surface area contributed by atoms with Crippen LogP contribution in [0.4, 0.5) is 4.39 Å². The molecule has 4 aliphatic rings. The quantitative estimate of drug-likeness (QED) is 0.728. The molecule has 1 aromatic heterocycles. The van der Waals surface area contributed by atoms with Gasteiger partial charge in [0.05, 0.1) is 18.3 Å². The van der Waals surface area contributed by atoms with Crippen LogP contribution in [0, 0.1) is 6.92 Å². The molecule has 6 rings (SSSR count). The molecule has 3 unspecified atom stereocenters. The van der Waals surface area contributed by atoms with Gasteiger partial charge in [0.1, 0.15) is 11.4 Å². The van der Waals surface area contributed by atoms with Gasteiger partial charge in [0.15, 0.2) is 0 Å². The monoisotopic (exact) mass is 454 g/mol. The van der Waals surface area contributed by atoms with Gasteiger partial charge in [0.2, 0.25) is 0 Å². The average molecular weight is 455 g/mol. The van der Waals surface area contributed by atoms with E-state index in [0.29, 0.717) is 25.8 Å². The fourth-order valence-electron chi connectivity index (χ4n) is 6.96. The van der Waals surface area contributed by atoms with Crippen molar-refractivity contribution in [1.82, 2.24) is 19.6 Å². The summed E-state index contributed by atoms with van der Waals surface area (Å²) in [6, 6.07) is 5.59. The van der Waals surface area contributed by atoms with Gasteiger partial charge in [-0.3, -0.25) is 9.58 Å². The van der Waals surface area contributed by atoms with E-state index in [1.807, 2.05) is 23.0 Å². The second-order valence-corrected chi connectivity index (χ2v) is 11.1. The Hall–Kier alpha value is -1.96. The van der Waals surface area contributed by atoms with Crippen molar-refractivity contribution < 1.29 is 14.6 Å². The smallest absolute Gasteiger partial charge is 0.123 e. The third kappa shape index (κ3) is 3.51. The van der Waals surface area contributed by atoms with Crippen LogP contribution in [-0.4, -0.2) is 79.8 Å². The van der Waals surface area contributed by atoms with Crippen LogP contribution in [0.1, 0.15) is 48.8 Å². The van der Waals surface area contributed by atoms with E-state index in [1.165, 1.54) is 5.56 Å². The van der Waals surface area contributed by atoms with Gasteiger partial charge in [-0.05, 0) is 87.4 Å². The second-order valence-electron chi connectivity index (χ2n) is 11.1. The molecule has 3 heterocycles. The molecule has 178 valence electrons. The molecule has 1 saturated carbocycles. The Morgan fingerprint density at radius 1 is 1.09 bits per heavy atom. The van der Waals surface area contributed by atoms with E-state index in [2.05, 4.69) is 28.0 Å². The normalized spacial score (nSPS) is 33.2. The molecule has 33 heavy (non-hydrogen) atoms. The lowest BCUT2D eigenvalue weighted by Crippen LogP contribution is -2.72. The largest absolute Gasteiger partial charge is 0.508 e. The van der Waals surface area contributed by atoms with Gasteiger partial charge < -0.3 is 15.1 Å². The SMILES string of the molecule is Cc1cnn(CCN2CCC34CCN(CC5(F)CC5)C(Cc5ccc(O)cc53)C4(O)CC2)c1. The number of piperidine rings is 1. The van der Waals surface area contributed by atoms with Crippen molar-refractivity contribution in [1.29, 1.82) is 0 Å². The van der Waals surface area contributed by atoms with Crippen molar-refractivity contribution in [3.05, 3.63) is 47.3 Å². The topological polar surface area (TPSA) is 64.8 Å². The molecule has 2 aromatic rings. The number of alkyl halides is 1. The van der Waals surface area contributed by atoms with Crippen LogP contribution in [0.3, 0.4) is 0 Å². The molecule has 3 atom stereocenters. The molecular formula is C26H35FN4O2. The van der Waals surface area contributed by atoms with Crippen molar-refractivity contribution in [2.45, 2.75) is 74.7 Å². The highest BCUT2D eigenvalue weighted by Crippen LogP contribution is 2.57. The Morgan fingerprint density at radius 2 is 1.88 bits per heavy atom. The molecule has 2 N–H and O–H groups in total. The second kappa shape index (κ2) is 7.52. The first-order valence-corrected chi connectivity index (χ1v) is 12.5. The maximum Gasteiger partial charge on any atom is 0.123 e. The first kappa shape index (κ1) is 21.6. The van der Waals surface area contributed by atoms with Gasteiger partial charge in [-0.1, -0.05) is 6.07 Å². The Morgan fingerprint density at radius 3 is 2.64 bits per heavy atom. The number of fused-ring (bicyclic) bond motifs is 1. The zero-order valence-corrected chi connectivity index (χ0v) is 19.5. The van der Waals surface area contributed by atoms with Gasteiger partial charge in [-0.2, -0.15) is 5.10 Å². The van der Waals surface area contributed by atoms with Crippen molar-refractivity contribution in [2.75, 3.05) is 32.7 Å². The molecule has 7 heteroatoms. The van der Waals surface area contributed by atoms with E-state index in [1.54, 1.807) is 6.07 Å². The van der Waals surface area contributed by atoms with Gasteiger partial charge in [-0.15, -0.1) is 0 Å². The summed E-state index contributed by atoms with van der Waals surface area (Å²) in [4.78, 5) is 4.70. The summed E-state index contributed by atoms with van der Waals surface area (Å²) in [7, 11) is 0. The lowest BCUT2D eigenvalue weighted by Gasteiger charge is -2.61. The van der Waals surface area contributed by atoms with Gasteiger partial charge in [0.25, 0.3) is 0 Å². The van der Waals surface area contributed by atoms with Gasteiger partial charge in [-0.25, -0.2) is 4.39 Å². The van der Waals surface area contributed by atoms with E-state index < -0.39 is 16.7 Å². The Labute approximate surface area is 195 Å². The van der Waals surface area contributed by atoms with E-state index in [-0.39, 0.29) is 11.8 Å². The van der Waals surface area contributed by atoms with E-state index in [4.69, 9.17) is 0 Å². The molecule has 2 saturated heterocycles. The molecule has 0 radical (unpaired) electrons. The fourth-order valence-corrected chi connectivity index (χ4v) is 6.96. The van der Waals surface area contributed by atoms with Crippen LogP contribution >= 0.6 is 0 Å². The number of hydrogen-bond donors (Lipinski definition) is 2. The minimum atomic E-state index is -1.07. The van der Waals surface area contributed by atoms with Crippen LogP contribution in [0.5, 0.6) is 5.75 Å². The summed E-state index contributed by atoms with van der Waals surface area (Å²) in [6.07, 6.45) is 8.28. The van der Waals surface area contributed by atoms with Crippen LogP contribution in [0.15, 0.2) is 30.6 Å². The van der Waals surface area contributed by atoms with Crippen molar-refractivity contribution in [3.8, 4) is 5.75 Å². The number of phenolic OH excluding ortho intramolecular Hbond substituents is 1. The Balaban J connectivity index is 1.32. The van der Waals surface area contributed by atoms with Gasteiger partial charge >= 0.3 is 0 Å². The fraction of sp³-hybridized carbons (Fsp3) is 0.654. The van der Waals surface area contributed by atoms with Crippen molar-refractivity contribution in [2.24, 2.45) is 0 Å². The molecule has 0 spiro atoms. The molecular weight excluding hydrogens is 419 g/mol. The zero-order chi connectivity index (χ0) is 22.8. The highest BCUT2D eigenvalue weighted by Gasteiger charge is 2.64. The number of halogens is 1. The van der Waals surface area contributed by atoms with Crippen LogP contribution < -0.4 is 0 Å². The van der Waals surface area contributed by atoms with Crippen LogP contribution in [-0.2, 0) is 18.4 Å². The average Bonchev–Trinajstić information content (AvgIpc) is 3.40. The summed E-state index contributed by atoms with van der Waals surface area (Å²) < 4.78 is 16.8. The highest BCUT2D eigenvalue weighted by molar-refractivity contribution is 5.48. The summed E-state index contributed by atoms with van der Waals surface area (Å²) in [5.74, 6) is 0.266. The maximum absolute atomic E-state index is 14.8. The minimum Gasteiger partial charge on any atom is -0.508 e. The first-order chi connectivity index (χ1) is 15.8. The number of phenols is 1. The number of aromatic hydroxyl groups is 1. The zero-order valence-electron chi connectivity index (χ0n) is 19.5. The van der Waals surface area contributed by atoms with Crippen molar-refractivity contribution >= 4 is 0 Å². The Bertz CT molecular complexity index is 1050. The summed E-state index contributed by atoms with van der Waals surface area (Å²) in [5, 5.41) is 27.2. The number of aliphatic hydroxyl groups is 1. The number of nitrogens with zero attached hydrogens (tertiary/aromatic N) is 4. The third-order valence-electron chi connectivity index (χ3n) is 9.02. The molecule has 0 amide bonds. The lowest BCUT2D eigenvalue weighted by atomic mass is 9.52. The van der Waals surface area contributed by atoms with Crippen LogP contribution in [0.25, 0.3) is 0 Å². The number of aromatic nitrogens is 2. The van der Waals surface area contributed by atoms with Crippen LogP contribution in [0.2, 0.25) is 0 Å². The predicted octanol–water partition coefficient (Wildman–Crippen LogP) is 2.79. The summed E-state index contributed by atoms with van der Waals surface area (Å²) >= 11 is 0. The number of hydrogen-bond acceptors (Lipinski definition) is 5. The number of rotatable bonds is 5. The number of likely N-dealkylation sites (tertiary alicyclic amines) is 2. The summed E-state index contributed by atoms with van der Waals surface area (Å²) in [5.41, 5.74) is 1.10. The molecule has 2 aliphatic carbocycles. The molecule has 2 aliphatic heterocycles. The molecule has 3 fully saturated rings. The molecule has 2 bridgehead atoms. The first-order valence-electron chi connectivity index (χ1n) is 12.5. The number of aryl methyl sites for hydroxylation is 1. The number of benzene rings is 1. The predicted molar refractivity (Wildman–Crippen MR) is 124 cm³/mol. The standard InChI is InChI=1S/C26H35FN4O2/c1-19-16-28-31(17-19)13-12-29-9-6-25-7-11-30(18-24(27)4-5-24)23(26(25,33)8-10-29)14-20-2-3-21(32)15-22(20)25/h2-3,15-17,23,32-33H,4-14,18H2,1H3. The van der Waals surface area contributed by atoms with E-state index in [9.17, 15) is 14.6 Å². The minimum absolute atomic E-state index is 0.0785. The Kier molecular flexibility index (Phi) is 4.91. The summed E-state index contributed by atoms with van der Waals surface area (Å²) in [6.45, 7) is 6.73. The molecule has 1 aromatic carbocycles. The van der Waals surface area contributed by atoms with E-state index >= 15 is 0 Å². The maximum atomic E-state index is 14.8. The third-order valence-corrected chi connectivity index (χ3v) is 9.02.